The SMILES string of the molecule is CCCCCCCCCCCCCCCCCCCC(=O)O[C@H](COC(=O)CCCCCC[C@H]1C(=O)C[C@@H](O)[C@@H]1/C=C/[C@@H](O)CCCCC)COP(=O)(O)OCCN. The lowest BCUT2D eigenvalue weighted by Crippen LogP contribution is -2.29. The van der Waals surface area contributed by atoms with E-state index in [-0.39, 0.29) is 56.6 Å². The van der Waals surface area contributed by atoms with Crippen molar-refractivity contribution < 1.29 is 52.6 Å². The van der Waals surface area contributed by atoms with Crippen LogP contribution in [0.25, 0.3) is 0 Å². The van der Waals surface area contributed by atoms with E-state index >= 15 is 0 Å². The van der Waals surface area contributed by atoms with Crippen LogP contribution in [0.4, 0.5) is 0 Å². The molecule has 13 heteroatoms. The molecular weight excluding hydrogens is 761 g/mol. The number of aliphatic hydroxyl groups excluding tert-OH is 2. The second-order valence-corrected chi connectivity index (χ2v) is 17.9. The van der Waals surface area contributed by atoms with Gasteiger partial charge in [0, 0.05) is 37.6 Å². The summed E-state index contributed by atoms with van der Waals surface area (Å²) >= 11 is 0. The smallest absolute Gasteiger partial charge is 0.462 e. The minimum absolute atomic E-state index is 0.0211. The Balaban J connectivity index is 2.32. The van der Waals surface area contributed by atoms with E-state index in [1.54, 1.807) is 6.08 Å². The number of hydrogen-bond acceptors (Lipinski definition) is 11. The fourth-order valence-corrected chi connectivity index (χ4v) is 8.30. The summed E-state index contributed by atoms with van der Waals surface area (Å²) < 4.78 is 32.8. The number of phosphoric ester groups is 1. The van der Waals surface area contributed by atoms with Crippen molar-refractivity contribution in [1.82, 2.24) is 0 Å². The molecule has 12 nitrogen and oxygen atoms in total. The fourth-order valence-electron chi connectivity index (χ4n) is 7.53. The van der Waals surface area contributed by atoms with Crippen LogP contribution in [0.1, 0.15) is 200 Å². The first-order valence-electron chi connectivity index (χ1n) is 23.3. The Morgan fingerprint density at radius 1 is 0.741 bits per heavy atom. The van der Waals surface area contributed by atoms with E-state index < -0.39 is 44.7 Å². The van der Waals surface area contributed by atoms with Crippen molar-refractivity contribution in [3.63, 3.8) is 0 Å². The highest BCUT2D eigenvalue weighted by Crippen LogP contribution is 2.43. The van der Waals surface area contributed by atoms with Gasteiger partial charge in [0.05, 0.1) is 25.4 Å². The van der Waals surface area contributed by atoms with Crippen LogP contribution in [-0.4, -0.2) is 77.5 Å². The highest BCUT2D eigenvalue weighted by Gasteiger charge is 2.39. The maximum atomic E-state index is 12.6. The molecule has 0 spiro atoms. The molecule has 5 N–H and O–H groups in total. The second kappa shape index (κ2) is 36.0. The van der Waals surface area contributed by atoms with Gasteiger partial charge in [0.25, 0.3) is 0 Å². The van der Waals surface area contributed by atoms with Crippen molar-refractivity contribution in [2.75, 3.05) is 26.4 Å². The Bertz CT molecular complexity index is 1120. The maximum absolute atomic E-state index is 12.6. The van der Waals surface area contributed by atoms with E-state index in [1.165, 1.54) is 83.5 Å². The van der Waals surface area contributed by atoms with Crippen LogP contribution in [0.2, 0.25) is 0 Å². The van der Waals surface area contributed by atoms with Gasteiger partial charge in [-0.15, -0.1) is 0 Å². The molecule has 1 fully saturated rings. The Morgan fingerprint density at radius 2 is 1.24 bits per heavy atom. The molecule has 0 saturated heterocycles. The lowest BCUT2D eigenvalue weighted by molar-refractivity contribution is -0.161. The molecule has 1 aliphatic carbocycles. The zero-order chi connectivity index (χ0) is 42.7. The van der Waals surface area contributed by atoms with Gasteiger partial charge in [0.1, 0.15) is 12.4 Å². The highest BCUT2D eigenvalue weighted by atomic mass is 31.2. The van der Waals surface area contributed by atoms with Crippen LogP contribution < -0.4 is 5.73 Å². The summed E-state index contributed by atoms with van der Waals surface area (Å²) in [6.45, 7) is 3.39. The first-order chi connectivity index (χ1) is 28.0. The van der Waals surface area contributed by atoms with Gasteiger partial charge in [0.15, 0.2) is 6.10 Å². The topological polar surface area (TPSA) is 192 Å². The third-order valence-corrected chi connectivity index (χ3v) is 12.0. The number of nitrogens with two attached hydrogens (primary N) is 1. The van der Waals surface area contributed by atoms with Gasteiger partial charge in [-0.3, -0.25) is 23.4 Å². The summed E-state index contributed by atoms with van der Waals surface area (Å²) in [5.74, 6) is -1.49. The molecule has 58 heavy (non-hydrogen) atoms. The van der Waals surface area contributed by atoms with Crippen LogP contribution in [0.5, 0.6) is 0 Å². The third kappa shape index (κ3) is 29.5. The number of ether oxygens (including phenoxy) is 2. The normalized spacial score (nSPS) is 19.1. The Kier molecular flexibility index (Phi) is 33.8. The number of carbonyl (C=O) groups is 3. The molecule has 1 rings (SSSR count). The molecule has 0 aromatic heterocycles. The van der Waals surface area contributed by atoms with Gasteiger partial charge in [0.2, 0.25) is 0 Å². The highest BCUT2D eigenvalue weighted by molar-refractivity contribution is 7.47. The summed E-state index contributed by atoms with van der Waals surface area (Å²) in [5.41, 5.74) is 5.35. The van der Waals surface area contributed by atoms with E-state index in [2.05, 4.69) is 13.8 Å². The number of Topliss-reactive ketones (excluding diaryl/α,β-unsaturated/α-hetero) is 1. The summed E-state index contributed by atoms with van der Waals surface area (Å²) in [6.07, 6.45) is 29.9. The van der Waals surface area contributed by atoms with E-state index in [1.807, 2.05) is 6.08 Å². The maximum Gasteiger partial charge on any atom is 0.472 e. The van der Waals surface area contributed by atoms with Crippen LogP contribution in [-0.2, 0) is 37.5 Å². The number of aliphatic hydroxyl groups is 2. The monoisotopic (exact) mass is 846 g/mol. The van der Waals surface area contributed by atoms with E-state index in [9.17, 15) is 34.1 Å². The van der Waals surface area contributed by atoms with E-state index in [0.29, 0.717) is 25.7 Å². The molecule has 6 atom stereocenters. The number of ketones is 1. The van der Waals surface area contributed by atoms with Crippen molar-refractivity contribution in [1.29, 1.82) is 0 Å². The van der Waals surface area contributed by atoms with Gasteiger partial charge >= 0.3 is 19.8 Å². The number of rotatable bonds is 40. The number of hydrogen-bond donors (Lipinski definition) is 4. The molecule has 0 radical (unpaired) electrons. The number of carbonyl (C=O) groups excluding carboxylic acids is 3. The number of unbranched alkanes of at least 4 members (excludes halogenated alkanes) is 21. The minimum Gasteiger partial charge on any atom is -0.462 e. The van der Waals surface area contributed by atoms with Crippen molar-refractivity contribution in [3.8, 4) is 0 Å². The van der Waals surface area contributed by atoms with Gasteiger partial charge in [-0.25, -0.2) is 4.57 Å². The van der Waals surface area contributed by atoms with Crippen LogP contribution in [0.15, 0.2) is 12.2 Å². The average Bonchev–Trinajstić information content (AvgIpc) is 3.47. The van der Waals surface area contributed by atoms with Crippen LogP contribution in [0, 0.1) is 11.8 Å². The summed E-state index contributed by atoms with van der Waals surface area (Å²) in [4.78, 5) is 47.7. The summed E-state index contributed by atoms with van der Waals surface area (Å²) in [7, 11) is -4.43. The molecular formula is C45H84NO11P. The van der Waals surface area contributed by atoms with Gasteiger partial charge < -0.3 is 30.3 Å². The largest absolute Gasteiger partial charge is 0.472 e. The molecule has 1 aliphatic rings. The van der Waals surface area contributed by atoms with Crippen molar-refractivity contribution in [3.05, 3.63) is 12.2 Å². The first kappa shape index (κ1) is 54.4. The Morgan fingerprint density at radius 3 is 1.79 bits per heavy atom. The number of esters is 2. The Hall–Kier alpha value is -1.66. The van der Waals surface area contributed by atoms with Crippen molar-refractivity contribution >= 4 is 25.5 Å². The van der Waals surface area contributed by atoms with E-state index in [4.69, 9.17) is 24.3 Å². The molecule has 0 aromatic carbocycles. The van der Waals surface area contributed by atoms with Crippen LogP contribution in [0.3, 0.4) is 0 Å². The molecule has 340 valence electrons. The summed E-state index contributed by atoms with van der Waals surface area (Å²) in [5, 5.41) is 20.7. The lowest BCUT2D eigenvalue weighted by atomic mass is 9.88. The zero-order valence-electron chi connectivity index (χ0n) is 36.5. The molecule has 1 saturated carbocycles. The van der Waals surface area contributed by atoms with E-state index in [0.717, 1.165) is 57.8 Å². The summed E-state index contributed by atoms with van der Waals surface area (Å²) in [6, 6.07) is 0. The van der Waals surface area contributed by atoms with Crippen LogP contribution >= 0.6 is 7.82 Å². The van der Waals surface area contributed by atoms with Crippen molar-refractivity contribution in [2.24, 2.45) is 17.6 Å². The second-order valence-electron chi connectivity index (χ2n) is 16.4. The van der Waals surface area contributed by atoms with Gasteiger partial charge in [-0.05, 0) is 25.7 Å². The molecule has 0 aromatic rings. The standard InChI is InChI=1S/C45H84NO11P/c1-3-5-7-8-9-10-11-12-13-14-15-16-17-18-19-20-26-30-45(51)57-39(37-56-58(52,53)55-34-33-46)36-54-44(50)29-25-22-21-24-28-40-41(43(49)35-42(40)48)32-31-38(47)27-23-6-4-2/h31-32,38-41,43,47,49H,3-30,33-37,46H2,1-2H3,(H,52,53)/b32-31+/t38-,39+,40+,41+,43+/m0/s1. The predicted octanol–water partition coefficient (Wildman–Crippen LogP) is 9.98. The lowest BCUT2D eigenvalue weighted by Gasteiger charge is -2.20. The fraction of sp³-hybridized carbons (Fsp3) is 0.889. The van der Waals surface area contributed by atoms with Gasteiger partial charge in [-0.2, -0.15) is 0 Å². The zero-order valence-corrected chi connectivity index (χ0v) is 37.4. The molecule has 0 aliphatic heterocycles. The van der Waals surface area contributed by atoms with Gasteiger partial charge in [-0.1, -0.05) is 167 Å². The predicted molar refractivity (Wildman–Crippen MR) is 230 cm³/mol. The molecule has 0 amide bonds. The molecule has 0 heterocycles. The molecule has 0 bridgehead atoms. The third-order valence-electron chi connectivity index (χ3n) is 11.0. The molecule has 1 unspecified atom stereocenters. The first-order valence-corrected chi connectivity index (χ1v) is 24.8. The number of phosphoric acid groups is 1. The minimum atomic E-state index is -4.43. The average molecular weight is 846 g/mol. The Labute approximate surface area is 351 Å². The van der Waals surface area contributed by atoms with Crippen molar-refractivity contribution in [2.45, 2.75) is 218 Å². The quantitative estimate of drug-likeness (QED) is 0.0198.